The van der Waals surface area contributed by atoms with Crippen molar-refractivity contribution in [2.24, 2.45) is 0 Å². The fourth-order valence-corrected chi connectivity index (χ4v) is 4.04. The molecule has 37 heavy (non-hydrogen) atoms. The van der Waals surface area contributed by atoms with Gasteiger partial charge in [0.1, 0.15) is 11.3 Å². The molecular formula is C28H20ClN3O4S. The van der Waals surface area contributed by atoms with E-state index < -0.39 is 5.91 Å². The number of thiocarbonyl (C=S) groups is 1. The molecule has 0 atom stereocenters. The maximum Gasteiger partial charge on any atom is 0.293 e. The van der Waals surface area contributed by atoms with Crippen molar-refractivity contribution in [1.29, 1.82) is 0 Å². The minimum absolute atomic E-state index is 0.0714. The van der Waals surface area contributed by atoms with Crippen LogP contribution in [-0.4, -0.2) is 16.9 Å². The summed E-state index contributed by atoms with van der Waals surface area (Å²) >= 11 is 11.5. The molecular weight excluding hydrogens is 510 g/mol. The molecule has 0 spiro atoms. The molecule has 0 aliphatic carbocycles. The Morgan fingerprint density at radius 3 is 2.35 bits per heavy atom. The number of hydrogen-bond donors (Lipinski definition) is 3. The van der Waals surface area contributed by atoms with E-state index >= 15 is 0 Å². The molecule has 0 aliphatic heterocycles. The Morgan fingerprint density at radius 1 is 0.784 bits per heavy atom. The molecule has 3 aromatic carbocycles. The lowest BCUT2D eigenvalue weighted by atomic mass is 10.1. The fraction of sp³-hybridized carbons (Fsp3) is 0.0357. The summed E-state index contributed by atoms with van der Waals surface area (Å²) in [6.07, 6.45) is 0. The van der Waals surface area contributed by atoms with E-state index in [9.17, 15) is 9.59 Å². The van der Waals surface area contributed by atoms with Crippen molar-refractivity contribution in [2.75, 3.05) is 10.6 Å². The van der Waals surface area contributed by atoms with Crippen molar-refractivity contribution < 1.29 is 18.4 Å². The number of carbonyl (C=O) groups excluding carboxylic acids is 2. The molecule has 0 saturated carbocycles. The Kier molecular flexibility index (Phi) is 6.76. The van der Waals surface area contributed by atoms with Gasteiger partial charge in [-0.25, -0.2) is 0 Å². The van der Waals surface area contributed by atoms with Crippen molar-refractivity contribution >= 4 is 63.1 Å². The summed E-state index contributed by atoms with van der Waals surface area (Å²) in [4.78, 5) is 25.3. The van der Waals surface area contributed by atoms with Gasteiger partial charge < -0.3 is 19.5 Å². The van der Waals surface area contributed by atoms with Gasteiger partial charge in [-0.15, -0.1) is 0 Å². The summed E-state index contributed by atoms with van der Waals surface area (Å²) in [6.45, 7) is 1.91. The number of carbonyl (C=O) groups is 2. The van der Waals surface area contributed by atoms with Gasteiger partial charge in [-0.3, -0.25) is 14.9 Å². The molecule has 9 heteroatoms. The SMILES string of the molecule is Cc1ccc(-c2ccc(C(=O)NC(=S)Nc3cccc(NC(=O)c4cc5ccccc5o4)c3)o2)cc1Cl. The van der Waals surface area contributed by atoms with Crippen LogP contribution in [0.15, 0.2) is 93.8 Å². The van der Waals surface area contributed by atoms with Crippen LogP contribution >= 0.6 is 23.8 Å². The molecule has 184 valence electrons. The Labute approximate surface area is 222 Å². The highest BCUT2D eigenvalue weighted by molar-refractivity contribution is 7.80. The van der Waals surface area contributed by atoms with Crippen LogP contribution in [0.5, 0.6) is 0 Å². The van der Waals surface area contributed by atoms with Gasteiger partial charge in [0.25, 0.3) is 11.8 Å². The minimum atomic E-state index is -0.503. The van der Waals surface area contributed by atoms with Crippen LogP contribution in [-0.2, 0) is 0 Å². The van der Waals surface area contributed by atoms with Gasteiger partial charge in [0.15, 0.2) is 16.6 Å². The zero-order valence-corrected chi connectivity index (χ0v) is 21.1. The molecule has 0 fully saturated rings. The van der Waals surface area contributed by atoms with Crippen LogP contribution in [0.1, 0.15) is 26.7 Å². The Bertz CT molecular complexity index is 1620. The number of amides is 2. The van der Waals surface area contributed by atoms with Crippen LogP contribution in [0.2, 0.25) is 5.02 Å². The van der Waals surface area contributed by atoms with E-state index in [1.807, 2.05) is 37.3 Å². The van der Waals surface area contributed by atoms with Gasteiger partial charge >= 0.3 is 0 Å². The molecule has 0 saturated heterocycles. The van der Waals surface area contributed by atoms with Gasteiger partial charge in [0, 0.05) is 27.3 Å². The molecule has 2 amide bonds. The first-order valence-corrected chi connectivity index (χ1v) is 12.0. The summed E-state index contributed by atoms with van der Waals surface area (Å²) in [5, 5.41) is 9.85. The van der Waals surface area contributed by atoms with E-state index in [0.717, 1.165) is 16.5 Å². The summed E-state index contributed by atoms with van der Waals surface area (Å²) < 4.78 is 11.3. The quantitative estimate of drug-likeness (QED) is 0.211. The lowest BCUT2D eigenvalue weighted by Crippen LogP contribution is -2.33. The van der Waals surface area contributed by atoms with Crippen LogP contribution in [0, 0.1) is 6.92 Å². The molecule has 5 aromatic rings. The Balaban J connectivity index is 1.20. The van der Waals surface area contributed by atoms with E-state index in [1.165, 1.54) is 0 Å². The highest BCUT2D eigenvalue weighted by Gasteiger charge is 2.15. The van der Waals surface area contributed by atoms with Gasteiger partial charge in [-0.1, -0.05) is 48.0 Å². The Hall–Kier alpha value is -4.40. The third kappa shape index (κ3) is 5.55. The topological polar surface area (TPSA) is 96.5 Å². The van der Waals surface area contributed by atoms with Gasteiger partial charge in [-0.05, 0) is 73.2 Å². The monoisotopic (exact) mass is 529 g/mol. The standard InChI is InChI=1S/C28H20ClN3O4S/c1-16-9-10-18(13-21(16)29)23-11-12-24(35-23)26(33)32-28(37)31-20-7-4-6-19(15-20)30-27(34)25-14-17-5-2-3-8-22(17)36-25/h2-15H,1H3,(H,30,34)(H2,31,32,33,37). The Morgan fingerprint density at radius 2 is 1.57 bits per heavy atom. The number of hydrogen-bond acceptors (Lipinski definition) is 5. The van der Waals surface area contributed by atoms with Gasteiger partial charge in [-0.2, -0.15) is 0 Å². The van der Waals surface area contributed by atoms with Crippen molar-refractivity contribution in [2.45, 2.75) is 6.92 Å². The molecule has 3 N–H and O–H groups in total. The zero-order chi connectivity index (χ0) is 25.9. The van der Waals surface area contributed by atoms with Crippen LogP contribution < -0.4 is 16.0 Å². The average molecular weight is 530 g/mol. The highest BCUT2D eigenvalue weighted by atomic mass is 35.5. The molecule has 0 radical (unpaired) electrons. The number of aryl methyl sites for hydroxylation is 1. The molecule has 0 bridgehead atoms. The molecule has 0 unspecified atom stereocenters. The summed E-state index contributed by atoms with van der Waals surface area (Å²) in [5.41, 5.74) is 3.44. The third-order valence-corrected chi connectivity index (χ3v) is 6.15. The van der Waals surface area contributed by atoms with Crippen LogP contribution in [0.4, 0.5) is 11.4 Å². The lowest BCUT2D eigenvalue weighted by molar-refractivity contribution is 0.0950. The number of furan rings is 2. The fourth-order valence-electron chi connectivity index (χ4n) is 3.65. The van der Waals surface area contributed by atoms with Crippen molar-refractivity contribution in [3.8, 4) is 11.3 Å². The summed E-state index contributed by atoms with van der Waals surface area (Å²) in [6, 6.07) is 24.8. The first-order valence-electron chi connectivity index (χ1n) is 11.2. The first-order chi connectivity index (χ1) is 17.9. The van der Waals surface area contributed by atoms with E-state index in [4.69, 9.17) is 32.7 Å². The average Bonchev–Trinajstić information content (AvgIpc) is 3.54. The normalized spacial score (nSPS) is 10.8. The molecule has 0 aliphatic rings. The number of para-hydroxylation sites is 1. The molecule has 5 rings (SSSR count). The molecule has 7 nitrogen and oxygen atoms in total. The zero-order valence-electron chi connectivity index (χ0n) is 19.5. The smallest absolute Gasteiger partial charge is 0.293 e. The second-order valence-corrected chi connectivity index (χ2v) is 9.03. The number of benzene rings is 3. The second-order valence-electron chi connectivity index (χ2n) is 8.22. The largest absolute Gasteiger partial charge is 0.451 e. The summed E-state index contributed by atoms with van der Waals surface area (Å²) in [5.74, 6) is -0.0707. The third-order valence-electron chi connectivity index (χ3n) is 5.54. The van der Waals surface area contributed by atoms with Crippen LogP contribution in [0.3, 0.4) is 0 Å². The number of halogens is 1. The number of nitrogens with one attached hydrogen (secondary N) is 3. The number of rotatable bonds is 5. The molecule has 2 aromatic heterocycles. The second kappa shape index (κ2) is 10.3. The summed E-state index contributed by atoms with van der Waals surface area (Å²) in [7, 11) is 0. The van der Waals surface area contributed by atoms with Gasteiger partial charge in [0.05, 0.1) is 0 Å². The van der Waals surface area contributed by atoms with Gasteiger partial charge in [0.2, 0.25) is 0 Å². The minimum Gasteiger partial charge on any atom is -0.451 e. The van der Waals surface area contributed by atoms with E-state index in [0.29, 0.717) is 27.7 Å². The predicted octanol–water partition coefficient (Wildman–Crippen LogP) is 7.03. The number of anilines is 2. The van der Waals surface area contributed by atoms with Crippen molar-refractivity contribution in [3.63, 3.8) is 0 Å². The van der Waals surface area contributed by atoms with E-state index in [-0.39, 0.29) is 22.5 Å². The van der Waals surface area contributed by atoms with Crippen molar-refractivity contribution in [3.05, 3.63) is 107 Å². The maximum atomic E-state index is 12.6. The van der Waals surface area contributed by atoms with Crippen molar-refractivity contribution in [1.82, 2.24) is 5.32 Å². The van der Waals surface area contributed by atoms with E-state index in [2.05, 4.69) is 16.0 Å². The highest BCUT2D eigenvalue weighted by Crippen LogP contribution is 2.27. The molecule has 2 heterocycles. The number of fused-ring (bicyclic) bond motifs is 1. The maximum absolute atomic E-state index is 12.6. The van der Waals surface area contributed by atoms with E-state index in [1.54, 1.807) is 54.6 Å². The first kappa shape index (κ1) is 24.3. The predicted molar refractivity (Wildman–Crippen MR) is 148 cm³/mol. The van der Waals surface area contributed by atoms with Crippen LogP contribution in [0.25, 0.3) is 22.3 Å². The lowest BCUT2D eigenvalue weighted by Gasteiger charge is -2.10.